The molecule has 6 rings (SSSR count). The number of ether oxygens (including phenoxy) is 1. The lowest BCUT2D eigenvalue weighted by atomic mass is 9.83. The third kappa shape index (κ3) is 6.10. The van der Waals surface area contributed by atoms with Gasteiger partial charge in [-0.3, -0.25) is 24.1 Å². The lowest BCUT2D eigenvalue weighted by molar-refractivity contribution is -0.154. The van der Waals surface area contributed by atoms with Crippen LogP contribution < -0.4 is 9.80 Å². The number of nitrogens with zero attached hydrogens (tertiary/aromatic N) is 3. The molecule has 244 valence electrons. The Bertz CT molecular complexity index is 1760. The van der Waals surface area contributed by atoms with Crippen LogP contribution in [0.4, 0.5) is 11.4 Å². The predicted octanol–water partition coefficient (Wildman–Crippen LogP) is 4.34. The number of hydrogen-bond donors (Lipinski definition) is 2. The van der Waals surface area contributed by atoms with E-state index in [4.69, 9.17) is 4.74 Å². The monoisotopic (exact) mass is 701 g/mol. The second kappa shape index (κ2) is 13.1. The largest absolute Gasteiger partial charge is 0.441 e. The first-order valence-corrected chi connectivity index (χ1v) is 16.4. The van der Waals surface area contributed by atoms with Crippen molar-refractivity contribution in [2.75, 3.05) is 16.4 Å². The van der Waals surface area contributed by atoms with Crippen LogP contribution in [-0.4, -0.2) is 57.7 Å². The van der Waals surface area contributed by atoms with Crippen LogP contribution in [0.3, 0.4) is 0 Å². The molecule has 0 bridgehead atoms. The Kier molecular flexibility index (Phi) is 9.06. The van der Waals surface area contributed by atoms with E-state index in [9.17, 15) is 29.4 Å². The highest BCUT2D eigenvalue weighted by Crippen LogP contribution is 2.47. The second-order valence-corrected chi connectivity index (χ2v) is 13.2. The molecule has 0 aliphatic carbocycles. The normalized spacial score (nSPS) is 22.6. The summed E-state index contributed by atoms with van der Waals surface area (Å²) in [5.74, 6) is -1.91. The summed E-state index contributed by atoms with van der Waals surface area (Å²) < 4.78 is 5.92. The van der Waals surface area contributed by atoms with Crippen molar-refractivity contribution < 1.29 is 34.1 Å². The summed E-state index contributed by atoms with van der Waals surface area (Å²) in [4.78, 5) is 55.6. The van der Waals surface area contributed by atoms with Gasteiger partial charge in [-0.05, 0) is 53.4 Å². The molecule has 0 aromatic heterocycles. The van der Waals surface area contributed by atoms with Gasteiger partial charge in [0.2, 0.25) is 11.8 Å². The van der Waals surface area contributed by atoms with Crippen LogP contribution in [0.1, 0.15) is 48.9 Å². The Hall–Kier alpha value is -4.32. The predicted molar refractivity (Wildman–Crippen MR) is 178 cm³/mol. The molecule has 47 heavy (non-hydrogen) atoms. The molecule has 0 saturated carbocycles. The molecule has 0 spiro atoms. The maximum Gasteiger partial charge on any atom is 0.304 e. The van der Waals surface area contributed by atoms with Crippen LogP contribution in [0, 0.1) is 5.92 Å². The summed E-state index contributed by atoms with van der Waals surface area (Å²) in [6.07, 6.45) is 3.53. The summed E-state index contributed by atoms with van der Waals surface area (Å²) in [6.45, 7) is 3.51. The Morgan fingerprint density at radius 3 is 2.47 bits per heavy atom. The van der Waals surface area contributed by atoms with Gasteiger partial charge in [0, 0.05) is 41.5 Å². The Morgan fingerprint density at radius 1 is 1.06 bits per heavy atom. The van der Waals surface area contributed by atoms with E-state index in [1.165, 1.54) is 11.8 Å². The minimum Gasteiger partial charge on any atom is -0.441 e. The molecule has 10 nitrogen and oxygen atoms in total. The molecule has 1 unspecified atom stereocenters. The van der Waals surface area contributed by atoms with Gasteiger partial charge in [0.1, 0.15) is 0 Å². The van der Waals surface area contributed by atoms with E-state index in [1.54, 1.807) is 65.3 Å². The van der Waals surface area contributed by atoms with E-state index in [0.717, 1.165) is 16.7 Å². The maximum absolute atomic E-state index is 14.0. The van der Waals surface area contributed by atoms with Gasteiger partial charge in [-0.2, -0.15) is 0 Å². The zero-order valence-electron chi connectivity index (χ0n) is 26.1. The van der Waals surface area contributed by atoms with Gasteiger partial charge in [-0.1, -0.05) is 71.4 Å². The van der Waals surface area contributed by atoms with Crippen LogP contribution in [0.25, 0.3) is 0 Å². The maximum atomic E-state index is 14.0. The molecule has 1 fully saturated rings. The fraction of sp³-hybridized carbons (Fsp3) is 0.333. The van der Waals surface area contributed by atoms with Crippen molar-refractivity contribution in [2.24, 2.45) is 5.92 Å². The second-order valence-electron chi connectivity index (χ2n) is 12.3. The van der Waals surface area contributed by atoms with Crippen LogP contribution >= 0.6 is 15.9 Å². The van der Waals surface area contributed by atoms with Crippen LogP contribution in [-0.2, 0) is 49.0 Å². The molecular formula is C36H36BrN3O7. The van der Waals surface area contributed by atoms with Crippen LogP contribution in [0.2, 0.25) is 0 Å². The lowest BCUT2D eigenvalue weighted by Crippen LogP contribution is -2.54. The topological polar surface area (TPSA) is 128 Å². The number of amides is 3. The molecule has 11 heteroatoms. The quantitative estimate of drug-likeness (QED) is 0.193. The Labute approximate surface area is 281 Å². The number of aliphatic hydroxyl groups is 2. The number of benzene rings is 3. The van der Waals surface area contributed by atoms with Gasteiger partial charge in [-0.25, -0.2) is 0 Å². The smallest absolute Gasteiger partial charge is 0.304 e. The number of fused-ring (bicyclic) bond motifs is 2. The summed E-state index contributed by atoms with van der Waals surface area (Å²) in [6, 6.07) is 20.0. The van der Waals surface area contributed by atoms with Crippen molar-refractivity contribution in [2.45, 2.75) is 64.1 Å². The minimum absolute atomic E-state index is 0.0620. The third-order valence-electron chi connectivity index (χ3n) is 9.26. The van der Waals surface area contributed by atoms with E-state index in [0.29, 0.717) is 34.4 Å². The molecule has 2 N–H and O–H groups in total. The third-order valence-corrected chi connectivity index (χ3v) is 9.75. The van der Waals surface area contributed by atoms with Gasteiger partial charge < -0.3 is 24.7 Å². The Balaban J connectivity index is 1.17. The molecule has 3 amide bonds. The average molecular weight is 703 g/mol. The van der Waals surface area contributed by atoms with E-state index < -0.39 is 29.6 Å². The van der Waals surface area contributed by atoms with Gasteiger partial charge >= 0.3 is 5.97 Å². The SMILES string of the molecule is CC(=O)OC1CC(=O)N1c1ccc(CN2C(=O)[C@](O)([C@H](C)/C=C/CC(=O)N3Cc4ccccc4C[C@H]3CO)c3cc(Br)ccc32)cc1. The first kappa shape index (κ1) is 32.6. The number of anilines is 2. The van der Waals surface area contributed by atoms with E-state index >= 15 is 0 Å². The minimum atomic E-state index is -1.88. The zero-order valence-corrected chi connectivity index (χ0v) is 27.7. The molecule has 3 aliphatic rings. The highest BCUT2D eigenvalue weighted by Gasteiger charge is 2.52. The first-order chi connectivity index (χ1) is 22.5. The summed E-state index contributed by atoms with van der Waals surface area (Å²) >= 11 is 3.48. The number of esters is 1. The fourth-order valence-corrected chi connectivity index (χ4v) is 7.04. The highest BCUT2D eigenvalue weighted by atomic mass is 79.9. The molecular weight excluding hydrogens is 666 g/mol. The van der Waals surface area contributed by atoms with Crippen molar-refractivity contribution in [3.63, 3.8) is 0 Å². The van der Waals surface area contributed by atoms with Crippen LogP contribution in [0.5, 0.6) is 0 Å². The molecule has 3 heterocycles. The number of halogens is 1. The fourth-order valence-electron chi connectivity index (χ4n) is 6.68. The summed E-state index contributed by atoms with van der Waals surface area (Å²) in [5, 5.41) is 22.0. The number of carbonyl (C=O) groups is 4. The van der Waals surface area contributed by atoms with Gasteiger partial charge in [0.25, 0.3) is 5.91 Å². The number of rotatable bonds is 9. The van der Waals surface area contributed by atoms with Crippen LogP contribution in [0.15, 0.2) is 83.4 Å². The van der Waals surface area contributed by atoms with Crippen molar-refractivity contribution in [3.05, 3.63) is 106 Å². The molecule has 3 aromatic rings. The zero-order chi connectivity index (χ0) is 33.5. The summed E-state index contributed by atoms with van der Waals surface area (Å²) in [5.41, 5.74) is 2.70. The number of aliphatic hydroxyl groups excluding tert-OH is 1. The molecule has 3 aliphatic heterocycles. The highest BCUT2D eigenvalue weighted by molar-refractivity contribution is 9.10. The Morgan fingerprint density at radius 2 is 1.79 bits per heavy atom. The van der Waals surface area contributed by atoms with Crippen molar-refractivity contribution in [3.8, 4) is 0 Å². The first-order valence-electron chi connectivity index (χ1n) is 15.6. The molecule has 4 atom stereocenters. The number of hydrogen-bond acceptors (Lipinski definition) is 7. The van der Waals surface area contributed by atoms with E-state index in [2.05, 4.69) is 15.9 Å². The molecule has 1 saturated heterocycles. The molecule has 0 radical (unpaired) electrons. The van der Waals surface area contributed by atoms with Gasteiger partial charge in [0.05, 0.1) is 31.3 Å². The van der Waals surface area contributed by atoms with Crippen molar-refractivity contribution in [1.82, 2.24) is 4.90 Å². The average Bonchev–Trinajstić information content (AvgIpc) is 3.26. The van der Waals surface area contributed by atoms with Gasteiger partial charge in [0.15, 0.2) is 11.8 Å². The standard InChI is InChI=1S/C36H36BrN3O7/c1-22(6-5-9-32(43)38-20-26-8-4-3-7-25(26)16-29(38)21-41)36(46)30-17-27(37)12-15-31(30)39(35(36)45)19-24-10-13-28(14-11-24)40-33(44)18-34(40)47-23(2)42/h3-8,10-15,17,22,29,34,41,46H,9,16,18-21H2,1-2H3/b6-5+/t22-,29+,34?,36+/m1/s1. The number of carbonyl (C=O) groups excluding carboxylic acids is 4. The summed E-state index contributed by atoms with van der Waals surface area (Å²) in [7, 11) is 0. The molecule has 3 aromatic carbocycles. The number of β-lactam (4-membered cyclic amide) rings is 1. The van der Waals surface area contributed by atoms with Crippen molar-refractivity contribution >= 4 is 51.0 Å². The van der Waals surface area contributed by atoms with Gasteiger partial charge in [-0.15, -0.1) is 0 Å². The van der Waals surface area contributed by atoms with Crippen molar-refractivity contribution in [1.29, 1.82) is 0 Å². The lowest BCUT2D eigenvalue weighted by Gasteiger charge is -2.39. The van der Waals surface area contributed by atoms with E-state index in [1.807, 2.05) is 30.3 Å². The van der Waals surface area contributed by atoms with E-state index in [-0.39, 0.29) is 43.8 Å².